The second kappa shape index (κ2) is 9.23. The Morgan fingerprint density at radius 1 is 1.06 bits per heavy atom. The van der Waals surface area contributed by atoms with Gasteiger partial charge < -0.3 is 19.8 Å². The average Bonchev–Trinajstić information content (AvgIpc) is 2.05. The Morgan fingerprint density at radius 3 is 1.71 bits per heavy atom. The van der Waals surface area contributed by atoms with E-state index in [-0.39, 0.29) is 57.1 Å². The van der Waals surface area contributed by atoms with Crippen molar-refractivity contribution in [3.05, 3.63) is 36.8 Å². The van der Waals surface area contributed by atoms with Crippen LogP contribution in [0.2, 0.25) is 0 Å². The van der Waals surface area contributed by atoms with E-state index in [0.717, 1.165) is 0 Å². The van der Waals surface area contributed by atoms with Crippen molar-refractivity contribution >= 4 is 7.32 Å². The van der Waals surface area contributed by atoms with Crippen molar-refractivity contribution in [2.24, 2.45) is 0 Å². The fourth-order valence-corrected chi connectivity index (χ4v) is 0.691. The molecule has 1 aromatic carbocycles. The van der Waals surface area contributed by atoms with Gasteiger partial charge in [0, 0.05) is 0 Å². The van der Waals surface area contributed by atoms with E-state index in [0.29, 0.717) is 5.56 Å². The Balaban J connectivity index is 0. The molecule has 0 heterocycles. The van der Waals surface area contributed by atoms with Gasteiger partial charge in [0.1, 0.15) is 5.75 Å². The van der Waals surface area contributed by atoms with Crippen LogP contribution in [0.15, 0.2) is 24.3 Å². The summed E-state index contributed by atoms with van der Waals surface area (Å²) in [5, 5.41) is 21.5. The number of rotatable bonds is 1. The second-order valence-electron chi connectivity index (χ2n) is 2.54. The van der Waals surface area contributed by atoms with Gasteiger partial charge in [-0.25, -0.2) is 0 Å². The zero-order valence-electron chi connectivity index (χ0n) is 8.98. The minimum absolute atomic E-state index is 0. The van der Waals surface area contributed by atoms with Crippen LogP contribution in [0.1, 0.15) is 5.56 Å². The predicted molar refractivity (Wildman–Crippen MR) is 50.0 cm³/mol. The Kier molecular flexibility index (Phi) is 10.6. The van der Waals surface area contributed by atoms with E-state index in [1.54, 1.807) is 0 Å². The molecule has 1 aromatic rings. The molecule has 0 spiro atoms. The standard InChI is InChI=1S/C8H6F3O.BH3O3.K/c1-6-2-4-7(5-3-6)12-8(9,10)11;2-1(3)4;/h2-5H,1H2;2-4H;/q-1;;+1. The maximum Gasteiger partial charge on any atom is 1.00 e. The molecule has 0 amide bonds. The molecule has 17 heavy (non-hydrogen) atoms. The van der Waals surface area contributed by atoms with Gasteiger partial charge in [-0.3, -0.25) is 0 Å². The van der Waals surface area contributed by atoms with Crippen LogP contribution in [-0.4, -0.2) is 28.8 Å². The smallest absolute Gasteiger partial charge is 0.408 e. The van der Waals surface area contributed by atoms with Crippen LogP contribution in [0.25, 0.3) is 0 Å². The van der Waals surface area contributed by atoms with Gasteiger partial charge in [-0.2, -0.15) is 24.6 Å². The summed E-state index contributed by atoms with van der Waals surface area (Å²) in [4.78, 5) is 0. The molecule has 0 aliphatic rings. The largest absolute Gasteiger partial charge is 1.00 e. The van der Waals surface area contributed by atoms with Gasteiger partial charge in [-0.05, 0) is 0 Å². The minimum Gasteiger partial charge on any atom is -0.408 e. The first-order valence-corrected chi connectivity index (χ1v) is 3.92. The molecule has 4 nitrogen and oxygen atoms in total. The molecule has 0 radical (unpaired) electrons. The molecule has 0 atom stereocenters. The zero-order chi connectivity index (χ0) is 12.8. The topological polar surface area (TPSA) is 69.9 Å². The Hall–Kier alpha value is 0.261. The van der Waals surface area contributed by atoms with Crippen molar-refractivity contribution < 1.29 is 84.4 Å². The molecule has 0 aliphatic carbocycles. The van der Waals surface area contributed by atoms with E-state index >= 15 is 0 Å². The van der Waals surface area contributed by atoms with Gasteiger partial charge in [0.15, 0.2) is 0 Å². The number of halogens is 3. The third-order valence-corrected chi connectivity index (χ3v) is 1.16. The Morgan fingerprint density at radius 2 is 1.41 bits per heavy atom. The molecule has 0 unspecified atom stereocenters. The minimum atomic E-state index is -4.62. The number of hydrogen-bond acceptors (Lipinski definition) is 4. The first-order chi connectivity index (χ1) is 7.20. The molecule has 0 bridgehead atoms. The van der Waals surface area contributed by atoms with Crippen LogP contribution >= 0.6 is 0 Å². The van der Waals surface area contributed by atoms with Gasteiger partial charge in [-0.15, -0.1) is 13.2 Å². The number of alkyl halides is 3. The number of hydrogen-bond donors (Lipinski definition) is 3. The van der Waals surface area contributed by atoms with Crippen LogP contribution < -0.4 is 56.1 Å². The van der Waals surface area contributed by atoms with Gasteiger partial charge in [-0.1, -0.05) is 12.1 Å². The average molecular weight is 276 g/mol. The summed E-state index contributed by atoms with van der Waals surface area (Å²) in [6, 6.07) is 5.33. The molecule has 0 fully saturated rings. The van der Waals surface area contributed by atoms with Gasteiger partial charge >= 0.3 is 65.1 Å². The van der Waals surface area contributed by atoms with E-state index in [1.165, 1.54) is 24.3 Å². The van der Waals surface area contributed by atoms with Crippen molar-refractivity contribution in [3.8, 4) is 5.75 Å². The maximum atomic E-state index is 11.6. The van der Waals surface area contributed by atoms with Crippen LogP contribution in [0.4, 0.5) is 13.2 Å². The van der Waals surface area contributed by atoms with Crippen LogP contribution in [0.3, 0.4) is 0 Å². The van der Waals surface area contributed by atoms with E-state index in [1.807, 2.05) is 0 Å². The van der Waals surface area contributed by atoms with Crippen LogP contribution in [0.5, 0.6) is 5.75 Å². The Labute approximate surface area is 139 Å². The molecule has 0 aliphatic heterocycles. The first-order valence-electron chi connectivity index (χ1n) is 3.92. The van der Waals surface area contributed by atoms with Crippen LogP contribution in [0, 0.1) is 6.92 Å². The molecule has 0 saturated carbocycles. The summed E-state index contributed by atoms with van der Waals surface area (Å²) in [6.07, 6.45) is -4.62. The summed E-state index contributed by atoms with van der Waals surface area (Å²) in [7, 11) is -2.17. The molecule has 0 aromatic heterocycles. The summed E-state index contributed by atoms with van der Waals surface area (Å²) < 4.78 is 38.4. The molecule has 0 saturated heterocycles. The fourth-order valence-electron chi connectivity index (χ4n) is 0.691. The van der Waals surface area contributed by atoms with Crippen LogP contribution in [-0.2, 0) is 0 Å². The monoisotopic (exact) mass is 276 g/mol. The van der Waals surface area contributed by atoms with Crippen molar-refractivity contribution in [2.75, 3.05) is 0 Å². The van der Waals surface area contributed by atoms with Crippen molar-refractivity contribution in [3.63, 3.8) is 0 Å². The van der Waals surface area contributed by atoms with E-state index in [4.69, 9.17) is 15.1 Å². The Bertz CT molecular complexity index is 302. The molecule has 3 N–H and O–H groups in total. The summed E-state index contributed by atoms with van der Waals surface area (Å²) >= 11 is 0. The number of ether oxygens (including phenoxy) is 1. The van der Waals surface area contributed by atoms with E-state index in [9.17, 15) is 13.2 Å². The maximum absolute atomic E-state index is 11.6. The first kappa shape index (κ1) is 19.6. The van der Waals surface area contributed by atoms with E-state index < -0.39 is 13.7 Å². The third kappa shape index (κ3) is 14.2. The van der Waals surface area contributed by atoms with Crippen molar-refractivity contribution in [2.45, 2.75) is 6.36 Å². The van der Waals surface area contributed by atoms with Crippen molar-refractivity contribution in [1.82, 2.24) is 0 Å². The van der Waals surface area contributed by atoms with Gasteiger partial charge in [0.25, 0.3) is 0 Å². The summed E-state index contributed by atoms with van der Waals surface area (Å²) in [6.45, 7) is 3.52. The number of benzene rings is 1. The molecule has 9 heteroatoms. The molecule has 90 valence electrons. The normalized spacial score (nSPS) is 9.53. The fraction of sp³-hybridized carbons (Fsp3) is 0.125. The van der Waals surface area contributed by atoms with Crippen molar-refractivity contribution in [1.29, 1.82) is 0 Å². The quantitative estimate of drug-likeness (QED) is 0.399. The molecule has 1 rings (SSSR count). The third-order valence-electron chi connectivity index (χ3n) is 1.16. The van der Waals surface area contributed by atoms with E-state index in [2.05, 4.69) is 11.7 Å². The molecular weight excluding hydrogens is 267 g/mol. The zero-order valence-corrected chi connectivity index (χ0v) is 12.1. The summed E-state index contributed by atoms with van der Waals surface area (Å²) in [5.41, 5.74) is 0.643. The predicted octanol–water partition coefficient (Wildman–Crippen LogP) is -2.28. The second-order valence-corrected chi connectivity index (χ2v) is 2.54. The SMILES string of the molecule is OB(O)O.[CH2-]c1ccc(OC(F)(F)F)cc1.[K+]. The van der Waals surface area contributed by atoms with Gasteiger partial charge in [0.05, 0.1) is 0 Å². The molecular formula is C8H9BF3KO4. The summed E-state index contributed by atoms with van der Waals surface area (Å²) in [5.74, 6) is -0.227. The van der Waals surface area contributed by atoms with Gasteiger partial charge in [0.2, 0.25) is 0 Å².